The number of piperidine rings is 1. The van der Waals surface area contributed by atoms with Gasteiger partial charge in [-0.2, -0.15) is 0 Å². The third-order valence-electron chi connectivity index (χ3n) is 4.27. The van der Waals surface area contributed by atoms with Crippen LogP contribution in [-0.2, 0) is 9.59 Å². The van der Waals surface area contributed by atoms with Crippen LogP contribution in [0.2, 0.25) is 0 Å². The maximum atomic E-state index is 12.1. The molecule has 2 aromatic rings. The molecule has 1 aliphatic heterocycles. The minimum atomic E-state index is -0.631. The first-order valence-electron chi connectivity index (χ1n) is 8.47. The molecule has 0 spiro atoms. The number of nitrogens with one attached hydrogen (secondary N) is 2. The molecular formula is C19H22N4O2. The summed E-state index contributed by atoms with van der Waals surface area (Å²) < 4.78 is 0. The van der Waals surface area contributed by atoms with Gasteiger partial charge in [0.15, 0.2) is 0 Å². The average Bonchev–Trinajstić information content (AvgIpc) is 2.63. The molecule has 1 fully saturated rings. The molecule has 25 heavy (non-hydrogen) atoms. The summed E-state index contributed by atoms with van der Waals surface area (Å²) in [7, 11) is 0. The second kappa shape index (κ2) is 7.79. The predicted octanol–water partition coefficient (Wildman–Crippen LogP) is 2.11. The largest absolute Gasteiger partial charge is 0.356 e. The first kappa shape index (κ1) is 17.0. The number of rotatable bonds is 3. The van der Waals surface area contributed by atoms with Crippen LogP contribution in [-0.4, -0.2) is 35.9 Å². The highest BCUT2D eigenvalue weighted by Gasteiger charge is 2.24. The van der Waals surface area contributed by atoms with E-state index in [1.165, 1.54) is 0 Å². The summed E-state index contributed by atoms with van der Waals surface area (Å²) in [6.07, 6.45) is 1.58. The number of hydrogen-bond acceptors (Lipinski definition) is 4. The van der Waals surface area contributed by atoms with Gasteiger partial charge in [-0.15, -0.1) is 0 Å². The number of aryl methyl sites for hydroxylation is 1. The minimum Gasteiger partial charge on any atom is -0.356 e. The Morgan fingerprint density at radius 3 is 2.40 bits per heavy atom. The molecule has 1 saturated heterocycles. The van der Waals surface area contributed by atoms with Gasteiger partial charge in [0.2, 0.25) is 0 Å². The van der Waals surface area contributed by atoms with Gasteiger partial charge in [-0.25, -0.2) is 4.98 Å². The van der Waals surface area contributed by atoms with Gasteiger partial charge in [-0.1, -0.05) is 24.3 Å². The lowest BCUT2D eigenvalue weighted by Crippen LogP contribution is -2.47. The lowest BCUT2D eigenvalue weighted by molar-refractivity contribution is -0.136. The molecule has 6 nitrogen and oxygen atoms in total. The van der Waals surface area contributed by atoms with E-state index >= 15 is 0 Å². The number of carbonyl (C=O) groups is 2. The summed E-state index contributed by atoms with van der Waals surface area (Å²) in [5.74, 6) is -0.253. The molecule has 2 N–H and O–H groups in total. The molecule has 0 aliphatic carbocycles. The van der Waals surface area contributed by atoms with E-state index < -0.39 is 11.8 Å². The van der Waals surface area contributed by atoms with Gasteiger partial charge in [0.25, 0.3) is 0 Å². The van der Waals surface area contributed by atoms with Crippen molar-refractivity contribution in [3.8, 4) is 0 Å². The van der Waals surface area contributed by atoms with E-state index in [-0.39, 0.29) is 6.04 Å². The minimum absolute atomic E-state index is 0.00934. The van der Waals surface area contributed by atoms with Gasteiger partial charge < -0.3 is 15.5 Å². The number of para-hydroxylation sites is 1. The first-order chi connectivity index (χ1) is 12.1. The summed E-state index contributed by atoms with van der Waals surface area (Å²) in [6, 6.07) is 14.9. The van der Waals surface area contributed by atoms with Crippen LogP contribution >= 0.6 is 0 Å². The summed E-state index contributed by atoms with van der Waals surface area (Å²) >= 11 is 0. The molecule has 0 saturated carbocycles. The van der Waals surface area contributed by atoms with Crippen molar-refractivity contribution in [1.29, 1.82) is 0 Å². The molecule has 130 valence electrons. The summed E-state index contributed by atoms with van der Waals surface area (Å²) in [6.45, 7) is 3.59. The fourth-order valence-electron chi connectivity index (χ4n) is 2.92. The number of aromatic nitrogens is 1. The molecule has 1 aliphatic rings. The van der Waals surface area contributed by atoms with Crippen LogP contribution in [0.1, 0.15) is 18.5 Å². The highest BCUT2D eigenvalue weighted by atomic mass is 16.2. The van der Waals surface area contributed by atoms with Crippen molar-refractivity contribution in [2.45, 2.75) is 25.8 Å². The molecule has 3 rings (SSSR count). The van der Waals surface area contributed by atoms with Crippen molar-refractivity contribution in [1.82, 2.24) is 10.3 Å². The number of nitrogens with zero attached hydrogens (tertiary/aromatic N) is 2. The molecule has 0 atom stereocenters. The first-order valence-corrected chi connectivity index (χ1v) is 8.47. The number of amides is 2. The highest BCUT2D eigenvalue weighted by Crippen LogP contribution is 2.18. The van der Waals surface area contributed by atoms with E-state index in [0.717, 1.165) is 37.4 Å². The predicted molar refractivity (Wildman–Crippen MR) is 97.4 cm³/mol. The Morgan fingerprint density at radius 2 is 1.72 bits per heavy atom. The van der Waals surface area contributed by atoms with Crippen molar-refractivity contribution in [2.24, 2.45) is 0 Å². The van der Waals surface area contributed by atoms with E-state index in [1.807, 2.05) is 43.3 Å². The van der Waals surface area contributed by atoms with Gasteiger partial charge in [0.05, 0.1) is 0 Å². The van der Waals surface area contributed by atoms with E-state index in [9.17, 15) is 9.59 Å². The lowest BCUT2D eigenvalue weighted by atomic mass is 10.0. The van der Waals surface area contributed by atoms with Crippen LogP contribution in [0.5, 0.6) is 0 Å². The molecule has 0 unspecified atom stereocenters. The van der Waals surface area contributed by atoms with Crippen molar-refractivity contribution in [2.75, 3.05) is 23.3 Å². The molecular weight excluding hydrogens is 316 g/mol. The Labute approximate surface area is 147 Å². The number of benzene rings is 1. The van der Waals surface area contributed by atoms with E-state index in [2.05, 4.69) is 20.5 Å². The van der Waals surface area contributed by atoms with E-state index in [0.29, 0.717) is 5.69 Å². The molecule has 0 bridgehead atoms. The third kappa shape index (κ3) is 4.56. The van der Waals surface area contributed by atoms with Crippen molar-refractivity contribution >= 4 is 23.3 Å². The van der Waals surface area contributed by atoms with Crippen LogP contribution < -0.4 is 15.5 Å². The van der Waals surface area contributed by atoms with Gasteiger partial charge in [-0.05, 0) is 44.0 Å². The van der Waals surface area contributed by atoms with Gasteiger partial charge >= 0.3 is 11.8 Å². The highest BCUT2D eigenvalue weighted by molar-refractivity contribution is 6.39. The maximum absolute atomic E-state index is 12.1. The second-order valence-corrected chi connectivity index (χ2v) is 6.19. The van der Waals surface area contributed by atoms with E-state index in [1.54, 1.807) is 12.1 Å². The fourth-order valence-corrected chi connectivity index (χ4v) is 2.92. The second-order valence-electron chi connectivity index (χ2n) is 6.19. The van der Waals surface area contributed by atoms with E-state index in [4.69, 9.17) is 0 Å². The normalized spacial score (nSPS) is 14.8. The average molecular weight is 338 g/mol. The molecule has 2 heterocycles. The Kier molecular flexibility index (Phi) is 5.28. The van der Waals surface area contributed by atoms with Gasteiger partial charge in [0, 0.05) is 30.5 Å². The summed E-state index contributed by atoms with van der Waals surface area (Å²) in [4.78, 5) is 30.8. The zero-order chi connectivity index (χ0) is 17.6. The van der Waals surface area contributed by atoms with Crippen LogP contribution in [0.15, 0.2) is 48.5 Å². The molecule has 6 heteroatoms. The zero-order valence-electron chi connectivity index (χ0n) is 14.2. The molecule has 2 amide bonds. The summed E-state index contributed by atoms with van der Waals surface area (Å²) in [5.41, 5.74) is 1.61. The van der Waals surface area contributed by atoms with Gasteiger partial charge in [-0.3, -0.25) is 9.59 Å². The Bertz CT molecular complexity index is 740. The Morgan fingerprint density at radius 1 is 1.00 bits per heavy atom. The summed E-state index contributed by atoms with van der Waals surface area (Å²) in [5, 5.41) is 5.42. The van der Waals surface area contributed by atoms with Crippen molar-refractivity contribution < 1.29 is 9.59 Å². The molecule has 0 radical (unpaired) electrons. The Balaban J connectivity index is 1.48. The lowest BCUT2D eigenvalue weighted by Gasteiger charge is -2.33. The number of carbonyl (C=O) groups excluding carboxylic acids is 2. The smallest absolute Gasteiger partial charge is 0.313 e. The van der Waals surface area contributed by atoms with Crippen molar-refractivity contribution in [3.63, 3.8) is 0 Å². The van der Waals surface area contributed by atoms with Crippen LogP contribution in [0.3, 0.4) is 0 Å². The maximum Gasteiger partial charge on any atom is 0.313 e. The molecule has 1 aromatic carbocycles. The monoisotopic (exact) mass is 338 g/mol. The van der Waals surface area contributed by atoms with Gasteiger partial charge in [0.1, 0.15) is 5.82 Å². The zero-order valence-corrected chi connectivity index (χ0v) is 14.2. The number of pyridine rings is 1. The molecule has 1 aromatic heterocycles. The van der Waals surface area contributed by atoms with Crippen molar-refractivity contribution in [3.05, 3.63) is 54.2 Å². The van der Waals surface area contributed by atoms with Crippen LogP contribution in [0, 0.1) is 6.92 Å². The Hall–Kier alpha value is -2.89. The standard InChI is InChI=1S/C19H22N4O2/c1-14-6-5-9-17(20-14)23-12-10-16(11-13-23)22-19(25)18(24)21-15-7-3-2-4-8-15/h2-9,16H,10-13H2,1H3,(H,21,24)(H,22,25). The van der Waals surface area contributed by atoms with Crippen LogP contribution in [0.25, 0.3) is 0 Å². The topological polar surface area (TPSA) is 74.3 Å². The third-order valence-corrected chi connectivity index (χ3v) is 4.27. The number of hydrogen-bond donors (Lipinski definition) is 2. The number of anilines is 2. The quantitative estimate of drug-likeness (QED) is 0.841. The SMILES string of the molecule is Cc1cccc(N2CCC(NC(=O)C(=O)Nc3ccccc3)CC2)n1. The fraction of sp³-hybridized carbons (Fsp3) is 0.316. The van der Waals surface area contributed by atoms with Crippen LogP contribution in [0.4, 0.5) is 11.5 Å².